The number of ether oxygens (including phenoxy) is 2. The lowest BCUT2D eigenvalue weighted by molar-refractivity contribution is -0.220. The van der Waals surface area contributed by atoms with Crippen molar-refractivity contribution in [1.29, 1.82) is 0 Å². The number of hydrogen-bond acceptors (Lipinski definition) is 4. The molecule has 0 heterocycles. The van der Waals surface area contributed by atoms with Crippen molar-refractivity contribution < 1.29 is 19.1 Å². The topological polar surface area (TPSA) is 59.1 Å². The Morgan fingerprint density at radius 1 is 1.00 bits per heavy atom. The van der Waals surface area contributed by atoms with Crippen LogP contribution in [-0.2, 0) is 19.1 Å². The van der Waals surface area contributed by atoms with E-state index in [2.05, 4.69) is 0 Å². The molecule has 0 radical (unpaired) electrons. The van der Waals surface area contributed by atoms with Crippen molar-refractivity contribution in [2.24, 2.45) is 0 Å². The summed E-state index contributed by atoms with van der Waals surface area (Å²) in [6, 6.07) is 0. The van der Waals surface area contributed by atoms with Gasteiger partial charge in [0.25, 0.3) is 11.7 Å². The molecule has 0 atom stereocenters. The molecule has 0 saturated heterocycles. The number of methoxy groups -OCH3 is 2. The van der Waals surface area contributed by atoms with Gasteiger partial charge in [0.15, 0.2) is 0 Å². The molecule has 2 amide bonds. The quantitative estimate of drug-likeness (QED) is 0.602. The number of carbonyl (C=O) groups is 2. The molecule has 0 rings (SSSR count). The summed E-state index contributed by atoms with van der Waals surface area (Å²) < 4.78 is 10.1. The molecule has 94 valence electrons. The van der Waals surface area contributed by atoms with E-state index in [1.807, 2.05) is 0 Å². The van der Waals surface area contributed by atoms with Crippen LogP contribution in [0, 0.1) is 0 Å². The Hall–Kier alpha value is -1.14. The fraction of sp³-hybridized carbons (Fsp3) is 0.800. The highest BCUT2D eigenvalue weighted by Crippen LogP contribution is 2.19. The summed E-state index contributed by atoms with van der Waals surface area (Å²) in [5.41, 5.74) is 0. The smallest absolute Gasteiger partial charge is 0.282 e. The van der Waals surface area contributed by atoms with Gasteiger partial charge in [-0.2, -0.15) is 0 Å². The van der Waals surface area contributed by atoms with Gasteiger partial charge < -0.3 is 19.3 Å². The monoisotopic (exact) mass is 232 g/mol. The first-order valence-electron chi connectivity index (χ1n) is 4.83. The largest absolute Gasteiger partial charge is 0.349 e. The third-order valence-corrected chi connectivity index (χ3v) is 2.27. The molecule has 0 N–H and O–H groups in total. The minimum absolute atomic E-state index is 0.149. The van der Waals surface area contributed by atoms with Crippen LogP contribution in [0.2, 0.25) is 0 Å². The summed E-state index contributed by atoms with van der Waals surface area (Å²) in [4.78, 5) is 26.2. The van der Waals surface area contributed by atoms with Crippen LogP contribution in [0.1, 0.15) is 6.42 Å². The van der Waals surface area contributed by atoms with Crippen LogP contribution in [-0.4, -0.2) is 69.8 Å². The van der Waals surface area contributed by atoms with Crippen molar-refractivity contribution in [3.63, 3.8) is 0 Å². The van der Waals surface area contributed by atoms with Crippen LogP contribution in [0.5, 0.6) is 0 Å². The van der Waals surface area contributed by atoms with Crippen LogP contribution in [0.15, 0.2) is 0 Å². The van der Waals surface area contributed by atoms with E-state index >= 15 is 0 Å². The Balaban J connectivity index is 4.96. The Morgan fingerprint density at radius 3 is 1.69 bits per heavy atom. The standard InChI is InChI=1S/C10H20N2O4/c1-11(2)8(13)7-10(15-5,16-6)9(14)12(3)4/h7H2,1-6H3. The maximum atomic E-state index is 11.9. The Labute approximate surface area is 96.1 Å². The molecule has 0 aliphatic carbocycles. The minimum atomic E-state index is -1.54. The molecule has 0 fully saturated rings. The highest BCUT2D eigenvalue weighted by molar-refractivity contribution is 5.89. The van der Waals surface area contributed by atoms with Crippen LogP contribution in [0.3, 0.4) is 0 Å². The molecule has 0 spiro atoms. The molecule has 0 aromatic heterocycles. The van der Waals surface area contributed by atoms with E-state index in [9.17, 15) is 9.59 Å². The molecule has 0 aromatic rings. The molecule has 0 aliphatic rings. The second-order valence-corrected chi connectivity index (χ2v) is 3.83. The highest BCUT2D eigenvalue weighted by Gasteiger charge is 2.42. The van der Waals surface area contributed by atoms with Gasteiger partial charge in [0.05, 0.1) is 6.42 Å². The fourth-order valence-corrected chi connectivity index (χ4v) is 1.18. The molecule has 6 nitrogen and oxygen atoms in total. The van der Waals surface area contributed by atoms with E-state index in [1.54, 1.807) is 28.2 Å². The van der Waals surface area contributed by atoms with Gasteiger partial charge in [0.1, 0.15) is 0 Å². The van der Waals surface area contributed by atoms with Gasteiger partial charge in [-0.3, -0.25) is 9.59 Å². The Morgan fingerprint density at radius 2 is 1.44 bits per heavy atom. The first kappa shape index (κ1) is 14.9. The van der Waals surface area contributed by atoms with Gasteiger partial charge in [-0.05, 0) is 0 Å². The summed E-state index contributed by atoms with van der Waals surface area (Å²) in [7, 11) is 9.06. The summed E-state index contributed by atoms with van der Waals surface area (Å²) in [5, 5.41) is 0. The summed E-state index contributed by atoms with van der Waals surface area (Å²) in [5.74, 6) is -2.17. The normalized spacial score (nSPS) is 11.1. The molecule has 0 aromatic carbocycles. The summed E-state index contributed by atoms with van der Waals surface area (Å²) >= 11 is 0. The maximum absolute atomic E-state index is 11.9. The molecule has 0 aliphatic heterocycles. The predicted octanol–water partition coefficient (Wildman–Crippen LogP) is -0.458. The number of hydrogen-bond donors (Lipinski definition) is 0. The van der Waals surface area contributed by atoms with E-state index in [0.29, 0.717) is 0 Å². The van der Waals surface area contributed by atoms with Gasteiger partial charge in [0.2, 0.25) is 5.91 Å². The molecule has 0 bridgehead atoms. The van der Waals surface area contributed by atoms with Crippen LogP contribution in [0.25, 0.3) is 0 Å². The van der Waals surface area contributed by atoms with Crippen LogP contribution >= 0.6 is 0 Å². The van der Waals surface area contributed by atoms with Gasteiger partial charge in [-0.25, -0.2) is 0 Å². The van der Waals surface area contributed by atoms with Crippen molar-refractivity contribution in [1.82, 2.24) is 9.80 Å². The zero-order valence-electron chi connectivity index (χ0n) is 10.7. The van der Waals surface area contributed by atoms with Crippen molar-refractivity contribution in [2.45, 2.75) is 12.2 Å². The van der Waals surface area contributed by atoms with Crippen LogP contribution in [0.4, 0.5) is 0 Å². The molecule has 0 saturated carbocycles. The first-order chi connectivity index (χ1) is 7.30. The van der Waals surface area contributed by atoms with E-state index in [4.69, 9.17) is 9.47 Å². The van der Waals surface area contributed by atoms with Gasteiger partial charge in [0, 0.05) is 42.4 Å². The third kappa shape index (κ3) is 3.18. The van der Waals surface area contributed by atoms with Crippen molar-refractivity contribution in [3.05, 3.63) is 0 Å². The highest BCUT2D eigenvalue weighted by atomic mass is 16.7. The van der Waals surface area contributed by atoms with E-state index in [-0.39, 0.29) is 12.3 Å². The number of carbonyl (C=O) groups excluding carboxylic acids is 2. The van der Waals surface area contributed by atoms with E-state index in [0.717, 1.165) is 0 Å². The van der Waals surface area contributed by atoms with Crippen molar-refractivity contribution in [2.75, 3.05) is 42.4 Å². The maximum Gasteiger partial charge on any atom is 0.282 e. The zero-order chi connectivity index (χ0) is 12.9. The number of nitrogens with zero attached hydrogens (tertiary/aromatic N) is 2. The average molecular weight is 232 g/mol. The lowest BCUT2D eigenvalue weighted by Crippen LogP contribution is -2.51. The Kier molecular flexibility index (Phi) is 5.40. The van der Waals surface area contributed by atoms with Gasteiger partial charge in [-0.15, -0.1) is 0 Å². The average Bonchev–Trinajstić information content (AvgIpc) is 2.24. The van der Waals surface area contributed by atoms with E-state index < -0.39 is 11.7 Å². The summed E-state index contributed by atoms with van der Waals surface area (Å²) in [6.45, 7) is 0. The minimum Gasteiger partial charge on any atom is -0.349 e. The van der Waals surface area contributed by atoms with Crippen molar-refractivity contribution >= 4 is 11.8 Å². The Bertz CT molecular complexity index is 260. The third-order valence-electron chi connectivity index (χ3n) is 2.27. The zero-order valence-corrected chi connectivity index (χ0v) is 10.7. The lowest BCUT2D eigenvalue weighted by atomic mass is 10.1. The van der Waals surface area contributed by atoms with Crippen LogP contribution < -0.4 is 0 Å². The molecule has 6 heteroatoms. The van der Waals surface area contributed by atoms with Crippen molar-refractivity contribution in [3.8, 4) is 0 Å². The van der Waals surface area contributed by atoms with Gasteiger partial charge in [-0.1, -0.05) is 0 Å². The predicted molar refractivity (Wildman–Crippen MR) is 58.8 cm³/mol. The molecular weight excluding hydrogens is 212 g/mol. The molecular formula is C10H20N2O4. The fourth-order valence-electron chi connectivity index (χ4n) is 1.18. The molecule has 0 unspecified atom stereocenters. The van der Waals surface area contributed by atoms with Gasteiger partial charge >= 0.3 is 0 Å². The van der Waals surface area contributed by atoms with E-state index in [1.165, 1.54) is 24.0 Å². The summed E-state index contributed by atoms with van der Waals surface area (Å²) in [6.07, 6.45) is -0.149. The molecule has 16 heavy (non-hydrogen) atoms. The SMILES string of the molecule is COC(CC(=O)N(C)C)(OC)C(=O)N(C)C. The lowest BCUT2D eigenvalue weighted by Gasteiger charge is -2.31. The second kappa shape index (κ2) is 5.81. The first-order valence-corrected chi connectivity index (χ1v) is 4.83. The number of rotatable bonds is 5. The number of likely N-dealkylation sites (N-methyl/N-ethyl adjacent to an activating group) is 1. The number of amides is 2. The second-order valence-electron chi connectivity index (χ2n) is 3.83.